The van der Waals surface area contributed by atoms with Crippen LogP contribution in [0.4, 0.5) is 0 Å². The quantitative estimate of drug-likeness (QED) is 0.457. The molecule has 136 valence electrons. The summed E-state index contributed by atoms with van der Waals surface area (Å²) in [7, 11) is 1.59. The van der Waals surface area contributed by atoms with E-state index in [1.54, 1.807) is 31.4 Å². The molecule has 1 aromatic rings. The summed E-state index contributed by atoms with van der Waals surface area (Å²) in [6, 6.07) is 7.16. The molecule has 24 heavy (non-hydrogen) atoms. The second-order valence-electron chi connectivity index (χ2n) is 5.45. The van der Waals surface area contributed by atoms with Crippen molar-refractivity contribution in [2.24, 2.45) is 0 Å². The Morgan fingerprint density at radius 3 is 2.25 bits per heavy atom. The van der Waals surface area contributed by atoms with E-state index in [0.717, 1.165) is 5.75 Å². The first-order valence-corrected chi connectivity index (χ1v) is 7.75. The fraction of sp³-hybridized carbons (Fsp3) is 0.625. The smallest absolute Gasteiger partial charge is 0.186 e. The van der Waals surface area contributed by atoms with Gasteiger partial charge in [0, 0.05) is 6.42 Å². The zero-order chi connectivity index (χ0) is 17.5. The van der Waals surface area contributed by atoms with Gasteiger partial charge < -0.3 is 39.4 Å². The lowest BCUT2D eigenvalue weighted by molar-refractivity contribution is -0.301. The van der Waals surface area contributed by atoms with Crippen LogP contribution in [0.2, 0.25) is 0 Å². The van der Waals surface area contributed by atoms with Gasteiger partial charge in [0.15, 0.2) is 6.29 Å². The van der Waals surface area contributed by atoms with Gasteiger partial charge in [-0.25, -0.2) is 0 Å². The van der Waals surface area contributed by atoms with Gasteiger partial charge in [-0.1, -0.05) is 0 Å². The Balaban J connectivity index is 1.69. The van der Waals surface area contributed by atoms with E-state index in [-0.39, 0.29) is 6.61 Å². The molecule has 0 bridgehead atoms. The predicted octanol–water partition coefficient (Wildman–Crippen LogP) is -0.719. The molecule has 1 fully saturated rings. The van der Waals surface area contributed by atoms with Crippen LogP contribution in [-0.2, 0) is 9.47 Å². The van der Waals surface area contributed by atoms with Crippen molar-refractivity contribution in [2.75, 3.05) is 26.9 Å². The van der Waals surface area contributed by atoms with E-state index in [0.29, 0.717) is 18.8 Å². The van der Waals surface area contributed by atoms with Crippen LogP contribution in [-0.4, -0.2) is 78.1 Å². The van der Waals surface area contributed by atoms with Crippen molar-refractivity contribution < 1.29 is 39.4 Å². The maximum absolute atomic E-state index is 9.82. The molecule has 0 saturated carbocycles. The van der Waals surface area contributed by atoms with Crippen molar-refractivity contribution in [2.45, 2.75) is 37.1 Å². The van der Waals surface area contributed by atoms with Crippen molar-refractivity contribution in [3.63, 3.8) is 0 Å². The van der Waals surface area contributed by atoms with Gasteiger partial charge in [-0.05, 0) is 24.3 Å². The van der Waals surface area contributed by atoms with E-state index >= 15 is 0 Å². The van der Waals surface area contributed by atoms with Crippen molar-refractivity contribution in [3.05, 3.63) is 24.3 Å². The van der Waals surface area contributed by atoms with Crippen molar-refractivity contribution in [3.8, 4) is 11.5 Å². The molecule has 0 aromatic heterocycles. The van der Waals surface area contributed by atoms with Gasteiger partial charge in [-0.15, -0.1) is 0 Å². The summed E-state index contributed by atoms with van der Waals surface area (Å²) in [6.07, 6.45) is -5.75. The van der Waals surface area contributed by atoms with Crippen LogP contribution in [0.5, 0.6) is 11.5 Å². The zero-order valence-electron chi connectivity index (χ0n) is 13.4. The molecule has 1 aliphatic rings. The lowest BCUT2D eigenvalue weighted by Gasteiger charge is -2.39. The molecule has 4 N–H and O–H groups in total. The Morgan fingerprint density at radius 1 is 0.958 bits per heavy atom. The van der Waals surface area contributed by atoms with Gasteiger partial charge in [0.2, 0.25) is 0 Å². The number of hydrogen-bond acceptors (Lipinski definition) is 8. The topological polar surface area (TPSA) is 118 Å². The average Bonchev–Trinajstić information content (AvgIpc) is 2.61. The first-order chi connectivity index (χ1) is 11.6. The Kier molecular flexibility index (Phi) is 7.22. The molecule has 1 aliphatic heterocycles. The third-order valence-electron chi connectivity index (χ3n) is 3.75. The summed E-state index contributed by atoms with van der Waals surface area (Å²) in [5.41, 5.74) is 0. The summed E-state index contributed by atoms with van der Waals surface area (Å²) < 4.78 is 21.2. The van der Waals surface area contributed by atoms with Gasteiger partial charge in [-0.3, -0.25) is 0 Å². The molecule has 2 rings (SSSR count). The van der Waals surface area contributed by atoms with Gasteiger partial charge in [0.05, 0.1) is 26.9 Å². The van der Waals surface area contributed by atoms with E-state index in [2.05, 4.69) is 0 Å². The number of rotatable bonds is 8. The standard InChI is InChI=1S/C16H24O8/c1-21-10-3-5-11(6-4-10)22-7-2-8-23-16-15(20)14(19)13(18)12(9-17)24-16/h3-6,12-20H,2,7-9H2,1H3/t12-,13-,14+,15-,16?/m1/s1. The van der Waals surface area contributed by atoms with Crippen LogP contribution in [0, 0.1) is 0 Å². The minimum atomic E-state index is -1.43. The first-order valence-electron chi connectivity index (χ1n) is 7.75. The van der Waals surface area contributed by atoms with E-state index in [1.807, 2.05) is 0 Å². The zero-order valence-corrected chi connectivity index (χ0v) is 13.4. The van der Waals surface area contributed by atoms with Crippen LogP contribution in [0.1, 0.15) is 6.42 Å². The fourth-order valence-corrected chi connectivity index (χ4v) is 2.33. The van der Waals surface area contributed by atoms with E-state index in [4.69, 9.17) is 24.1 Å². The van der Waals surface area contributed by atoms with E-state index in [1.165, 1.54) is 0 Å². The third kappa shape index (κ3) is 4.79. The Morgan fingerprint density at radius 2 is 1.62 bits per heavy atom. The number of benzene rings is 1. The van der Waals surface area contributed by atoms with Gasteiger partial charge >= 0.3 is 0 Å². The number of hydrogen-bond donors (Lipinski definition) is 4. The number of aliphatic hydroxyl groups is 4. The van der Waals surface area contributed by atoms with Crippen molar-refractivity contribution in [1.82, 2.24) is 0 Å². The monoisotopic (exact) mass is 344 g/mol. The Labute approximate surface area is 140 Å². The SMILES string of the molecule is COc1ccc(OCCCOC2O[C@H](CO)[C@@H](O)[C@H](O)[C@H]2O)cc1. The van der Waals surface area contributed by atoms with Crippen LogP contribution in [0.15, 0.2) is 24.3 Å². The highest BCUT2D eigenvalue weighted by Crippen LogP contribution is 2.22. The van der Waals surface area contributed by atoms with Crippen molar-refractivity contribution in [1.29, 1.82) is 0 Å². The van der Waals surface area contributed by atoms with Crippen LogP contribution >= 0.6 is 0 Å². The van der Waals surface area contributed by atoms with Crippen molar-refractivity contribution >= 4 is 0 Å². The molecule has 1 aromatic carbocycles. The highest BCUT2D eigenvalue weighted by atomic mass is 16.7. The summed E-state index contributed by atoms with van der Waals surface area (Å²) in [4.78, 5) is 0. The highest BCUT2D eigenvalue weighted by molar-refractivity contribution is 5.31. The lowest BCUT2D eigenvalue weighted by atomic mass is 9.99. The lowest BCUT2D eigenvalue weighted by Crippen LogP contribution is -2.59. The summed E-state index contributed by atoms with van der Waals surface area (Å²) in [5, 5.41) is 38.2. The molecule has 8 nitrogen and oxygen atoms in total. The van der Waals surface area contributed by atoms with Crippen LogP contribution < -0.4 is 9.47 Å². The molecule has 0 spiro atoms. The maximum atomic E-state index is 9.82. The average molecular weight is 344 g/mol. The second-order valence-corrected chi connectivity index (χ2v) is 5.45. The predicted molar refractivity (Wildman–Crippen MR) is 82.8 cm³/mol. The summed E-state index contributed by atoms with van der Waals surface area (Å²) >= 11 is 0. The Hall–Kier alpha value is -1.42. The fourth-order valence-electron chi connectivity index (χ4n) is 2.33. The molecule has 1 unspecified atom stereocenters. The van der Waals surface area contributed by atoms with Gasteiger partial charge in [-0.2, -0.15) is 0 Å². The largest absolute Gasteiger partial charge is 0.497 e. The van der Waals surface area contributed by atoms with Gasteiger partial charge in [0.25, 0.3) is 0 Å². The van der Waals surface area contributed by atoms with E-state index in [9.17, 15) is 15.3 Å². The molecule has 1 heterocycles. The van der Waals surface area contributed by atoms with E-state index < -0.39 is 37.3 Å². The minimum absolute atomic E-state index is 0.221. The molecule has 1 saturated heterocycles. The third-order valence-corrected chi connectivity index (χ3v) is 3.75. The normalized spacial score (nSPS) is 30.1. The second kappa shape index (κ2) is 9.16. The number of methoxy groups -OCH3 is 1. The van der Waals surface area contributed by atoms with Gasteiger partial charge in [0.1, 0.15) is 35.9 Å². The highest BCUT2D eigenvalue weighted by Gasteiger charge is 2.43. The molecule has 0 amide bonds. The van der Waals surface area contributed by atoms with Crippen LogP contribution in [0.25, 0.3) is 0 Å². The number of ether oxygens (including phenoxy) is 4. The molecule has 5 atom stereocenters. The molecule has 8 heteroatoms. The Bertz CT molecular complexity index is 477. The van der Waals surface area contributed by atoms with Crippen LogP contribution in [0.3, 0.4) is 0 Å². The molecular weight excluding hydrogens is 320 g/mol. The molecule has 0 aliphatic carbocycles. The first kappa shape index (κ1) is 18.9. The summed E-state index contributed by atoms with van der Waals surface area (Å²) in [6.45, 7) is 0.133. The maximum Gasteiger partial charge on any atom is 0.186 e. The molecular formula is C16H24O8. The summed E-state index contributed by atoms with van der Waals surface area (Å²) in [5.74, 6) is 1.44. The molecule has 0 radical (unpaired) electrons. The minimum Gasteiger partial charge on any atom is -0.497 e. The number of aliphatic hydroxyl groups excluding tert-OH is 4.